The molecule has 0 atom stereocenters. The molecular formula is C16H19N5. The summed E-state index contributed by atoms with van der Waals surface area (Å²) in [4.78, 5) is 0. The fourth-order valence-corrected chi connectivity index (χ4v) is 2.26. The molecule has 0 unspecified atom stereocenters. The van der Waals surface area contributed by atoms with Crippen LogP contribution in [0.3, 0.4) is 0 Å². The zero-order chi connectivity index (χ0) is 14.7. The number of nitrogen functional groups attached to an aromatic ring is 1. The average Bonchev–Trinajstić information content (AvgIpc) is 3.12. The number of hydrogen-bond donors (Lipinski definition) is 1. The van der Waals surface area contributed by atoms with E-state index in [0.29, 0.717) is 5.69 Å². The third-order valence-corrected chi connectivity index (χ3v) is 3.41. The van der Waals surface area contributed by atoms with Crippen molar-refractivity contribution in [1.82, 2.24) is 19.6 Å². The summed E-state index contributed by atoms with van der Waals surface area (Å²) in [6.07, 6.45) is 7.89. The second kappa shape index (κ2) is 5.83. The second-order valence-corrected chi connectivity index (χ2v) is 5.06. The van der Waals surface area contributed by atoms with E-state index >= 15 is 0 Å². The van der Waals surface area contributed by atoms with Gasteiger partial charge in [-0.05, 0) is 18.6 Å². The largest absolute Gasteiger partial charge is 0.396 e. The number of aromatic nitrogens is 4. The molecule has 2 aromatic heterocycles. The van der Waals surface area contributed by atoms with Crippen molar-refractivity contribution in [1.29, 1.82) is 0 Å². The third kappa shape index (κ3) is 2.81. The minimum absolute atomic E-state index is 0.693. The highest BCUT2D eigenvalue weighted by molar-refractivity contribution is 5.71. The molecule has 0 fully saturated rings. The lowest BCUT2D eigenvalue weighted by Gasteiger charge is -1.99. The van der Waals surface area contributed by atoms with Crippen LogP contribution in [0.5, 0.6) is 0 Å². The number of nitrogens with zero attached hydrogens (tertiary/aromatic N) is 4. The van der Waals surface area contributed by atoms with Crippen molar-refractivity contribution in [3.05, 3.63) is 48.9 Å². The standard InChI is InChI=1S/C16H19N5/c1-2-3-9-20-12-15(17)16(19-20)13-10-18-21(11-13)14-7-5-4-6-8-14/h4-8,10-12H,2-3,9,17H2,1H3. The number of para-hydroxylation sites is 1. The van der Waals surface area contributed by atoms with Crippen LogP contribution in [0, 0.1) is 0 Å². The Morgan fingerprint density at radius 1 is 1.14 bits per heavy atom. The average molecular weight is 281 g/mol. The lowest BCUT2D eigenvalue weighted by Crippen LogP contribution is -1.97. The maximum absolute atomic E-state index is 6.07. The first-order valence-corrected chi connectivity index (χ1v) is 7.21. The van der Waals surface area contributed by atoms with E-state index in [1.165, 1.54) is 0 Å². The summed E-state index contributed by atoms with van der Waals surface area (Å²) < 4.78 is 3.74. The summed E-state index contributed by atoms with van der Waals surface area (Å²) in [5.74, 6) is 0. The van der Waals surface area contributed by atoms with Gasteiger partial charge in [-0.15, -0.1) is 0 Å². The number of rotatable bonds is 5. The van der Waals surface area contributed by atoms with Crippen molar-refractivity contribution in [2.75, 3.05) is 5.73 Å². The lowest BCUT2D eigenvalue weighted by molar-refractivity contribution is 0.573. The van der Waals surface area contributed by atoms with Gasteiger partial charge in [-0.1, -0.05) is 31.5 Å². The molecule has 3 rings (SSSR count). The van der Waals surface area contributed by atoms with Gasteiger partial charge in [0.15, 0.2) is 0 Å². The topological polar surface area (TPSA) is 61.7 Å². The first-order chi connectivity index (χ1) is 10.3. The Labute approximate surface area is 124 Å². The molecule has 21 heavy (non-hydrogen) atoms. The first-order valence-electron chi connectivity index (χ1n) is 7.21. The molecule has 0 aliphatic carbocycles. The maximum Gasteiger partial charge on any atom is 0.118 e. The van der Waals surface area contributed by atoms with Crippen LogP contribution < -0.4 is 5.73 Å². The van der Waals surface area contributed by atoms with Crippen LogP contribution in [0.1, 0.15) is 19.8 Å². The van der Waals surface area contributed by atoms with E-state index in [9.17, 15) is 0 Å². The number of hydrogen-bond acceptors (Lipinski definition) is 3. The van der Waals surface area contributed by atoms with Gasteiger partial charge in [0.1, 0.15) is 5.69 Å². The molecular weight excluding hydrogens is 262 g/mol. The molecule has 0 saturated heterocycles. The molecule has 0 bridgehead atoms. The minimum atomic E-state index is 0.693. The maximum atomic E-state index is 6.07. The predicted octanol–water partition coefficient (Wildman–Crippen LogP) is 3.12. The first kappa shape index (κ1) is 13.4. The number of anilines is 1. The van der Waals surface area contributed by atoms with Crippen molar-refractivity contribution in [3.8, 4) is 16.9 Å². The molecule has 0 spiro atoms. The minimum Gasteiger partial charge on any atom is -0.396 e. The molecule has 0 saturated carbocycles. The van der Waals surface area contributed by atoms with E-state index in [0.717, 1.165) is 36.3 Å². The van der Waals surface area contributed by atoms with Crippen molar-refractivity contribution in [3.63, 3.8) is 0 Å². The van der Waals surface area contributed by atoms with Gasteiger partial charge in [-0.3, -0.25) is 4.68 Å². The third-order valence-electron chi connectivity index (χ3n) is 3.41. The Morgan fingerprint density at radius 3 is 2.71 bits per heavy atom. The molecule has 1 aromatic carbocycles. The van der Waals surface area contributed by atoms with E-state index < -0.39 is 0 Å². The quantitative estimate of drug-likeness (QED) is 0.781. The fraction of sp³-hybridized carbons (Fsp3) is 0.250. The molecule has 5 nitrogen and oxygen atoms in total. The van der Waals surface area contributed by atoms with Crippen LogP contribution in [0.15, 0.2) is 48.9 Å². The second-order valence-electron chi connectivity index (χ2n) is 5.06. The molecule has 108 valence electrons. The smallest absolute Gasteiger partial charge is 0.118 e. The van der Waals surface area contributed by atoms with Crippen molar-refractivity contribution < 1.29 is 0 Å². The zero-order valence-electron chi connectivity index (χ0n) is 12.1. The van der Waals surface area contributed by atoms with E-state index in [4.69, 9.17) is 5.73 Å². The van der Waals surface area contributed by atoms with Gasteiger partial charge in [-0.25, -0.2) is 4.68 Å². The normalized spacial score (nSPS) is 10.9. The molecule has 2 heterocycles. The van der Waals surface area contributed by atoms with Crippen molar-refractivity contribution >= 4 is 5.69 Å². The number of aryl methyl sites for hydroxylation is 1. The van der Waals surface area contributed by atoms with E-state index in [1.54, 1.807) is 6.20 Å². The van der Waals surface area contributed by atoms with Gasteiger partial charge < -0.3 is 5.73 Å². The van der Waals surface area contributed by atoms with Gasteiger partial charge in [0.25, 0.3) is 0 Å². The SMILES string of the molecule is CCCCn1cc(N)c(-c2cnn(-c3ccccc3)c2)n1. The van der Waals surface area contributed by atoms with Crippen LogP contribution in [0.4, 0.5) is 5.69 Å². The van der Waals surface area contributed by atoms with Crippen LogP contribution in [-0.2, 0) is 6.54 Å². The predicted molar refractivity (Wildman–Crippen MR) is 84.1 cm³/mol. The van der Waals surface area contributed by atoms with Crippen molar-refractivity contribution in [2.24, 2.45) is 0 Å². The highest BCUT2D eigenvalue weighted by Gasteiger charge is 2.11. The lowest BCUT2D eigenvalue weighted by atomic mass is 10.2. The zero-order valence-corrected chi connectivity index (χ0v) is 12.1. The Kier molecular flexibility index (Phi) is 3.73. The molecule has 0 radical (unpaired) electrons. The number of unbranched alkanes of at least 4 members (excludes halogenated alkanes) is 1. The molecule has 0 aliphatic rings. The van der Waals surface area contributed by atoms with Gasteiger partial charge in [-0.2, -0.15) is 10.2 Å². The van der Waals surface area contributed by atoms with Gasteiger partial charge >= 0.3 is 0 Å². The monoisotopic (exact) mass is 281 g/mol. The van der Waals surface area contributed by atoms with Gasteiger partial charge in [0, 0.05) is 24.5 Å². The van der Waals surface area contributed by atoms with E-state index in [1.807, 2.05) is 52.1 Å². The molecule has 0 amide bonds. The molecule has 5 heteroatoms. The molecule has 2 N–H and O–H groups in total. The fourth-order valence-electron chi connectivity index (χ4n) is 2.26. The molecule has 3 aromatic rings. The van der Waals surface area contributed by atoms with E-state index in [-0.39, 0.29) is 0 Å². The summed E-state index contributed by atoms with van der Waals surface area (Å²) in [6, 6.07) is 10.00. The van der Waals surface area contributed by atoms with Crippen LogP contribution in [0.25, 0.3) is 16.9 Å². The number of benzene rings is 1. The summed E-state index contributed by atoms with van der Waals surface area (Å²) in [5.41, 5.74) is 9.52. The number of nitrogens with two attached hydrogens (primary N) is 1. The Morgan fingerprint density at radius 2 is 1.95 bits per heavy atom. The summed E-state index contributed by atoms with van der Waals surface area (Å²) >= 11 is 0. The van der Waals surface area contributed by atoms with Crippen LogP contribution >= 0.6 is 0 Å². The Bertz CT molecular complexity index is 711. The van der Waals surface area contributed by atoms with Gasteiger partial charge in [0.2, 0.25) is 0 Å². The Balaban J connectivity index is 1.88. The summed E-state index contributed by atoms with van der Waals surface area (Å²) in [7, 11) is 0. The van der Waals surface area contributed by atoms with Crippen LogP contribution in [0.2, 0.25) is 0 Å². The molecule has 0 aliphatic heterocycles. The van der Waals surface area contributed by atoms with Crippen molar-refractivity contribution in [2.45, 2.75) is 26.3 Å². The summed E-state index contributed by atoms with van der Waals surface area (Å²) in [6.45, 7) is 3.06. The van der Waals surface area contributed by atoms with E-state index in [2.05, 4.69) is 17.1 Å². The van der Waals surface area contributed by atoms with Crippen LogP contribution in [-0.4, -0.2) is 19.6 Å². The highest BCUT2D eigenvalue weighted by atomic mass is 15.3. The summed E-state index contributed by atoms with van der Waals surface area (Å²) in [5, 5.41) is 8.95. The Hall–Kier alpha value is -2.56. The highest BCUT2D eigenvalue weighted by Crippen LogP contribution is 2.24. The van der Waals surface area contributed by atoms with Gasteiger partial charge in [0.05, 0.1) is 17.6 Å².